The summed E-state index contributed by atoms with van der Waals surface area (Å²) < 4.78 is 6.78. The van der Waals surface area contributed by atoms with Gasteiger partial charge in [-0.05, 0) is 6.92 Å². The molecule has 0 spiro atoms. The lowest BCUT2D eigenvalue weighted by Crippen LogP contribution is -2.56. The highest BCUT2D eigenvalue weighted by molar-refractivity contribution is 5.83. The topological polar surface area (TPSA) is 110 Å². The molecule has 0 bridgehead atoms. The molecule has 0 saturated carbocycles. The number of aromatic nitrogens is 3. The summed E-state index contributed by atoms with van der Waals surface area (Å²) in [7, 11) is 1.77. The van der Waals surface area contributed by atoms with E-state index in [9.17, 15) is 9.59 Å². The Balaban J connectivity index is 2.03. The number of carboxylic acids is 1. The van der Waals surface area contributed by atoms with Crippen molar-refractivity contribution in [2.75, 3.05) is 19.8 Å². The maximum Gasteiger partial charge on any atom is 0.328 e. The van der Waals surface area contributed by atoms with Gasteiger partial charge < -0.3 is 24.6 Å². The number of nitrogens with one attached hydrogen (secondary N) is 1. The van der Waals surface area contributed by atoms with Crippen LogP contribution in [0.3, 0.4) is 0 Å². The summed E-state index contributed by atoms with van der Waals surface area (Å²) in [6.07, 6.45) is 1.53. The molecule has 1 saturated heterocycles. The SMILES string of the molecule is CC(NC(=O)N1CCOCC1C(=O)O)c1nncn1C. The molecule has 2 heterocycles. The summed E-state index contributed by atoms with van der Waals surface area (Å²) in [6.45, 7) is 2.34. The van der Waals surface area contributed by atoms with Gasteiger partial charge in [0.05, 0.1) is 19.3 Å². The first-order chi connectivity index (χ1) is 9.50. The third-order valence-electron chi connectivity index (χ3n) is 3.15. The Morgan fingerprint density at radius 3 is 2.95 bits per heavy atom. The number of ether oxygens (including phenoxy) is 1. The van der Waals surface area contributed by atoms with Crippen LogP contribution in [-0.4, -0.2) is 62.6 Å². The minimum Gasteiger partial charge on any atom is -0.480 e. The summed E-state index contributed by atoms with van der Waals surface area (Å²) in [5.74, 6) is -0.482. The van der Waals surface area contributed by atoms with Crippen LogP contribution in [0.15, 0.2) is 6.33 Å². The average Bonchev–Trinajstić information content (AvgIpc) is 2.85. The number of rotatable bonds is 3. The van der Waals surface area contributed by atoms with Crippen LogP contribution < -0.4 is 5.32 Å². The molecule has 2 unspecified atom stereocenters. The molecule has 1 aliphatic heterocycles. The fraction of sp³-hybridized carbons (Fsp3) is 0.636. The van der Waals surface area contributed by atoms with Crippen LogP contribution in [0.1, 0.15) is 18.8 Å². The van der Waals surface area contributed by atoms with E-state index < -0.39 is 18.0 Å². The van der Waals surface area contributed by atoms with E-state index in [1.807, 2.05) is 0 Å². The standard InChI is InChI=1S/C11H17N5O4/c1-7(9-14-12-6-15(9)2)13-11(19)16-3-4-20-5-8(16)10(17)18/h6-8H,3-5H2,1-2H3,(H,13,19)(H,17,18). The van der Waals surface area contributed by atoms with Crippen molar-refractivity contribution in [3.05, 3.63) is 12.2 Å². The third-order valence-corrected chi connectivity index (χ3v) is 3.15. The van der Waals surface area contributed by atoms with Crippen molar-refractivity contribution in [2.45, 2.75) is 19.0 Å². The molecular formula is C11H17N5O4. The molecule has 1 aliphatic rings. The van der Waals surface area contributed by atoms with Crippen LogP contribution in [0.5, 0.6) is 0 Å². The molecule has 2 rings (SSSR count). The van der Waals surface area contributed by atoms with Crippen molar-refractivity contribution in [3.63, 3.8) is 0 Å². The Labute approximate surface area is 115 Å². The number of carbonyl (C=O) groups is 2. The lowest BCUT2D eigenvalue weighted by molar-refractivity contribution is -0.147. The first kappa shape index (κ1) is 14.3. The molecule has 0 radical (unpaired) electrons. The number of aryl methyl sites for hydroxylation is 1. The number of urea groups is 1. The lowest BCUT2D eigenvalue weighted by atomic mass is 10.2. The minimum absolute atomic E-state index is 0.00109. The van der Waals surface area contributed by atoms with Crippen molar-refractivity contribution in [3.8, 4) is 0 Å². The number of hydrogen-bond donors (Lipinski definition) is 2. The molecule has 1 aromatic heterocycles. The second-order valence-corrected chi connectivity index (χ2v) is 4.59. The first-order valence-corrected chi connectivity index (χ1v) is 6.22. The number of aliphatic carboxylic acids is 1. The van der Waals surface area contributed by atoms with Crippen molar-refractivity contribution in [2.24, 2.45) is 7.05 Å². The van der Waals surface area contributed by atoms with Gasteiger partial charge in [0.1, 0.15) is 6.33 Å². The fourth-order valence-electron chi connectivity index (χ4n) is 2.07. The summed E-state index contributed by atoms with van der Waals surface area (Å²) >= 11 is 0. The van der Waals surface area contributed by atoms with E-state index in [0.717, 1.165) is 0 Å². The Bertz CT molecular complexity index is 503. The van der Waals surface area contributed by atoms with E-state index in [0.29, 0.717) is 12.4 Å². The van der Waals surface area contributed by atoms with Gasteiger partial charge >= 0.3 is 12.0 Å². The molecule has 2 amide bonds. The fourth-order valence-corrected chi connectivity index (χ4v) is 2.07. The molecule has 0 aliphatic carbocycles. The van der Waals surface area contributed by atoms with Crippen molar-refractivity contribution in [1.82, 2.24) is 25.0 Å². The molecule has 2 atom stereocenters. The highest BCUT2D eigenvalue weighted by Crippen LogP contribution is 2.11. The third kappa shape index (κ3) is 2.87. The second kappa shape index (κ2) is 5.87. The zero-order valence-corrected chi connectivity index (χ0v) is 11.3. The van der Waals surface area contributed by atoms with Crippen LogP contribution in [0.4, 0.5) is 4.79 Å². The Morgan fingerprint density at radius 2 is 2.35 bits per heavy atom. The number of hydrogen-bond acceptors (Lipinski definition) is 5. The Kier molecular flexibility index (Phi) is 4.18. The summed E-state index contributed by atoms with van der Waals surface area (Å²) in [5, 5.41) is 19.5. The predicted octanol–water partition coefficient (Wildman–Crippen LogP) is -0.629. The maximum atomic E-state index is 12.2. The van der Waals surface area contributed by atoms with Gasteiger partial charge in [-0.1, -0.05) is 0 Å². The highest BCUT2D eigenvalue weighted by Gasteiger charge is 2.33. The summed E-state index contributed by atoms with van der Waals surface area (Å²) in [5.41, 5.74) is 0. The normalized spacial score (nSPS) is 20.5. The second-order valence-electron chi connectivity index (χ2n) is 4.59. The van der Waals surface area contributed by atoms with Crippen molar-refractivity contribution < 1.29 is 19.4 Å². The number of carboxylic acid groups (broad SMARTS) is 1. The quantitative estimate of drug-likeness (QED) is 0.764. The monoisotopic (exact) mass is 283 g/mol. The molecule has 110 valence electrons. The zero-order chi connectivity index (χ0) is 14.7. The maximum absolute atomic E-state index is 12.2. The van der Waals surface area contributed by atoms with E-state index in [4.69, 9.17) is 9.84 Å². The van der Waals surface area contributed by atoms with Gasteiger partial charge in [0.2, 0.25) is 0 Å². The van der Waals surface area contributed by atoms with Gasteiger partial charge in [-0.25, -0.2) is 9.59 Å². The van der Waals surface area contributed by atoms with E-state index in [1.54, 1.807) is 18.5 Å². The smallest absolute Gasteiger partial charge is 0.328 e. The molecule has 2 N–H and O–H groups in total. The van der Waals surface area contributed by atoms with Crippen LogP contribution >= 0.6 is 0 Å². The average molecular weight is 283 g/mol. The molecule has 9 heteroatoms. The zero-order valence-electron chi connectivity index (χ0n) is 11.3. The van der Waals surface area contributed by atoms with Crippen LogP contribution in [0.2, 0.25) is 0 Å². The van der Waals surface area contributed by atoms with Gasteiger partial charge in [-0.3, -0.25) is 0 Å². The van der Waals surface area contributed by atoms with E-state index in [2.05, 4.69) is 15.5 Å². The summed E-state index contributed by atoms with van der Waals surface area (Å²) in [6, 6.07) is -1.78. The van der Waals surface area contributed by atoms with Crippen molar-refractivity contribution in [1.29, 1.82) is 0 Å². The first-order valence-electron chi connectivity index (χ1n) is 6.22. The molecule has 20 heavy (non-hydrogen) atoms. The molecular weight excluding hydrogens is 266 g/mol. The highest BCUT2D eigenvalue weighted by atomic mass is 16.5. The minimum atomic E-state index is -1.08. The van der Waals surface area contributed by atoms with Gasteiger partial charge in [-0.15, -0.1) is 10.2 Å². The lowest BCUT2D eigenvalue weighted by Gasteiger charge is -2.33. The van der Waals surface area contributed by atoms with Crippen LogP contribution in [-0.2, 0) is 16.6 Å². The number of morpholine rings is 1. The molecule has 0 aromatic carbocycles. The van der Waals surface area contributed by atoms with Gasteiger partial charge in [0.25, 0.3) is 0 Å². The van der Waals surface area contributed by atoms with Gasteiger partial charge in [0.15, 0.2) is 11.9 Å². The largest absolute Gasteiger partial charge is 0.480 e. The molecule has 1 fully saturated rings. The number of amides is 2. The van der Waals surface area contributed by atoms with Crippen LogP contribution in [0.25, 0.3) is 0 Å². The Hall–Kier alpha value is -2.16. The van der Waals surface area contributed by atoms with Gasteiger partial charge in [-0.2, -0.15) is 0 Å². The predicted molar refractivity (Wildman–Crippen MR) is 66.9 cm³/mol. The van der Waals surface area contributed by atoms with E-state index in [1.165, 1.54) is 11.2 Å². The Morgan fingerprint density at radius 1 is 1.60 bits per heavy atom. The molecule has 9 nitrogen and oxygen atoms in total. The van der Waals surface area contributed by atoms with Gasteiger partial charge in [0, 0.05) is 13.6 Å². The van der Waals surface area contributed by atoms with Crippen molar-refractivity contribution >= 4 is 12.0 Å². The van der Waals surface area contributed by atoms with Crippen LogP contribution in [0, 0.1) is 0 Å². The number of nitrogens with zero attached hydrogens (tertiary/aromatic N) is 4. The van der Waals surface area contributed by atoms with E-state index >= 15 is 0 Å². The number of carbonyl (C=O) groups excluding carboxylic acids is 1. The summed E-state index contributed by atoms with van der Waals surface area (Å²) in [4.78, 5) is 24.5. The molecule has 1 aromatic rings. The van der Waals surface area contributed by atoms with E-state index in [-0.39, 0.29) is 19.2 Å².